The third kappa shape index (κ3) is 5.25. The second-order valence-electron chi connectivity index (χ2n) is 5.07. The van der Waals surface area contributed by atoms with E-state index in [0.29, 0.717) is 12.1 Å². The molecule has 4 heteroatoms. The van der Waals surface area contributed by atoms with E-state index in [0.717, 1.165) is 39.4 Å². The van der Waals surface area contributed by atoms with Crippen molar-refractivity contribution in [2.75, 3.05) is 53.5 Å². The number of likely N-dealkylation sites (N-methyl/N-ethyl adjacent to an activating group) is 1. The molecule has 0 saturated carbocycles. The second-order valence-corrected chi connectivity index (χ2v) is 5.07. The zero-order chi connectivity index (χ0) is 12.0. The summed E-state index contributed by atoms with van der Waals surface area (Å²) >= 11 is 0. The zero-order valence-corrected chi connectivity index (χ0v) is 11.2. The van der Waals surface area contributed by atoms with Crippen molar-refractivity contribution in [2.45, 2.75) is 25.9 Å². The first-order valence-corrected chi connectivity index (χ1v) is 6.29. The maximum atomic E-state index is 5.63. The van der Waals surface area contributed by atoms with E-state index >= 15 is 0 Å². The average Bonchev–Trinajstić information content (AvgIpc) is 2.22. The molecule has 1 rings (SSSR count). The van der Waals surface area contributed by atoms with Gasteiger partial charge in [0.1, 0.15) is 0 Å². The fourth-order valence-electron chi connectivity index (χ4n) is 1.94. The molecule has 0 aliphatic carbocycles. The molecule has 0 aromatic heterocycles. The lowest BCUT2D eigenvalue weighted by Gasteiger charge is -2.37. The van der Waals surface area contributed by atoms with Crippen LogP contribution in [0.4, 0.5) is 0 Å². The number of piperazine rings is 1. The maximum absolute atomic E-state index is 5.63. The van der Waals surface area contributed by atoms with E-state index in [1.54, 1.807) is 0 Å². The number of nitrogens with one attached hydrogen (secondary N) is 1. The van der Waals surface area contributed by atoms with Crippen molar-refractivity contribution in [3.63, 3.8) is 0 Å². The molecular weight excluding hydrogens is 202 g/mol. The Morgan fingerprint density at radius 1 is 1.31 bits per heavy atom. The summed E-state index contributed by atoms with van der Waals surface area (Å²) in [6, 6.07) is 1.24. The topological polar surface area (TPSA) is 27.7 Å². The molecule has 1 saturated heterocycles. The molecule has 0 amide bonds. The monoisotopic (exact) mass is 229 g/mol. The highest BCUT2D eigenvalue weighted by Crippen LogP contribution is 2.05. The van der Waals surface area contributed by atoms with Crippen molar-refractivity contribution in [2.24, 2.45) is 0 Å². The molecule has 1 N–H and O–H groups in total. The van der Waals surface area contributed by atoms with Crippen LogP contribution in [-0.2, 0) is 4.74 Å². The Hall–Kier alpha value is -0.160. The van der Waals surface area contributed by atoms with Crippen molar-refractivity contribution in [1.29, 1.82) is 0 Å². The van der Waals surface area contributed by atoms with E-state index in [2.05, 4.69) is 43.1 Å². The Bertz CT molecular complexity index is 187. The molecule has 0 aromatic carbocycles. The van der Waals surface area contributed by atoms with Crippen LogP contribution in [0.1, 0.15) is 13.8 Å². The molecule has 0 bridgehead atoms. The van der Waals surface area contributed by atoms with Gasteiger partial charge in [-0.15, -0.1) is 0 Å². The summed E-state index contributed by atoms with van der Waals surface area (Å²) < 4.78 is 5.63. The van der Waals surface area contributed by atoms with Crippen LogP contribution >= 0.6 is 0 Å². The summed E-state index contributed by atoms with van der Waals surface area (Å²) in [6.07, 6.45) is 0. The van der Waals surface area contributed by atoms with E-state index in [1.807, 2.05) is 0 Å². The minimum atomic E-state index is 0.609. The summed E-state index contributed by atoms with van der Waals surface area (Å²) in [6.45, 7) is 10.5. The van der Waals surface area contributed by atoms with Crippen LogP contribution in [0.15, 0.2) is 0 Å². The summed E-state index contributed by atoms with van der Waals surface area (Å²) in [5, 5.41) is 3.49. The lowest BCUT2D eigenvalue weighted by Crippen LogP contribution is -2.54. The van der Waals surface area contributed by atoms with E-state index in [1.165, 1.54) is 0 Å². The average molecular weight is 229 g/mol. The fraction of sp³-hybridized carbons (Fsp3) is 1.00. The van der Waals surface area contributed by atoms with Crippen LogP contribution in [0.5, 0.6) is 0 Å². The standard InChI is InChI=1S/C12H27N3O/c1-11-10-15(12(2)9-13-11)6-8-16-7-5-14(3)4/h11-13H,5-10H2,1-4H3. The highest BCUT2D eigenvalue weighted by atomic mass is 16.5. The second kappa shape index (κ2) is 7.22. The molecule has 4 nitrogen and oxygen atoms in total. The summed E-state index contributed by atoms with van der Waals surface area (Å²) in [7, 11) is 4.15. The summed E-state index contributed by atoms with van der Waals surface area (Å²) in [5.41, 5.74) is 0. The third-order valence-electron chi connectivity index (χ3n) is 3.10. The van der Waals surface area contributed by atoms with Gasteiger partial charge >= 0.3 is 0 Å². The number of hydrogen-bond acceptors (Lipinski definition) is 4. The molecule has 0 aromatic rings. The lowest BCUT2D eigenvalue weighted by atomic mass is 10.1. The maximum Gasteiger partial charge on any atom is 0.0594 e. The minimum absolute atomic E-state index is 0.609. The molecule has 16 heavy (non-hydrogen) atoms. The molecule has 96 valence electrons. The quantitative estimate of drug-likeness (QED) is 0.661. The largest absolute Gasteiger partial charge is 0.379 e. The van der Waals surface area contributed by atoms with Crippen molar-refractivity contribution in [3.05, 3.63) is 0 Å². The van der Waals surface area contributed by atoms with Gasteiger partial charge < -0.3 is 15.0 Å². The normalized spacial score (nSPS) is 27.6. The van der Waals surface area contributed by atoms with Crippen molar-refractivity contribution >= 4 is 0 Å². The summed E-state index contributed by atoms with van der Waals surface area (Å²) in [5.74, 6) is 0. The smallest absolute Gasteiger partial charge is 0.0594 e. The highest BCUT2D eigenvalue weighted by Gasteiger charge is 2.21. The summed E-state index contributed by atoms with van der Waals surface area (Å²) in [4.78, 5) is 4.66. The van der Waals surface area contributed by atoms with E-state index in [9.17, 15) is 0 Å². The molecular formula is C12H27N3O. The van der Waals surface area contributed by atoms with E-state index < -0.39 is 0 Å². The first kappa shape index (κ1) is 13.9. The first-order valence-electron chi connectivity index (χ1n) is 6.29. The van der Waals surface area contributed by atoms with E-state index in [-0.39, 0.29) is 0 Å². The number of ether oxygens (including phenoxy) is 1. The Morgan fingerprint density at radius 2 is 2.06 bits per heavy atom. The molecule has 1 aliphatic heterocycles. The minimum Gasteiger partial charge on any atom is -0.379 e. The molecule has 2 atom stereocenters. The van der Waals surface area contributed by atoms with Gasteiger partial charge in [0, 0.05) is 38.3 Å². The van der Waals surface area contributed by atoms with Gasteiger partial charge in [0.2, 0.25) is 0 Å². The fourth-order valence-corrected chi connectivity index (χ4v) is 1.94. The van der Waals surface area contributed by atoms with Gasteiger partial charge in [0.05, 0.1) is 13.2 Å². The Morgan fingerprint density at radius 3 is 2.75 bits per heavy atom. The Balaban J connectivity index is 2.07. The van der Waals surface area contributed by atoms with Gasteiger partial charge in [-0.05, 0) is 27.9 Å². The SMILES string of the molecule is CC1CN(CCOCCN(C)C)C(C)CN1. The van der Waals surface area contributed by atoms with E-state index in [4.69, 9.17) is 4.74 Å². The Kier molecular flexibility index (Phi) is 6.28. The lowest BCUT2D eigenvalue weighted by molar-refractivity contribution is 0.0660. The van der Waals surface area contributed by atoms with Crippen LogP contribution in [0.3, 0.4) is 0 Å². The third-order valence-corrected chi connectivity index (χ3v) is 3.10. The van der Waals surface area contributed by atoms with Crippen LogP contribution in [0.2, 0.25) is 0 Å². The predicted molar refractivity (Wildman–Crippen MR) is 67.9 cm³/mol. The predicted octanol–water partition coefficient (Wildman–Crippen LogP) is 0.247. The van der Waals surface area contributed by atoms with Crippen LogP contribution < -0.4 is 5.32 Å². The van der Waals surface area contributed by atoms with Gasteiger partial charge in [-0.25, -0.2) is 0 Å². The van der Waals surface area contributed by atoms with Crippen LogP contribution in [0, 0.1) is 0 Å². The number of hydrogen-bond donors (Lipinski definition) is 1. The van der Waals surface area contributed by atoms with Crippen molar-refractivity contribution in [1.82, 2.24) is 15.1 Å². The Labute approximate surface area is 99.9 Å². The molecule has 0 spiro atoms. The molecule has 2 unspecified atom stereocenters. The van der Waals surface area contributed by atoms with Gasteiger partial charge in [-0.1, -0.05) is 0 Å². The molecule has 1 aliphatic rings. The van der Waals surface area contributed by atoms with Crippen molar-refractivity contribution < 1.29 is 4.74 Å². The molecule has 1 heterocycles. The molecule has 0 radical (unpaired) electrons. The molecule has 1 fully saturated rings. The van der Waals surface area contributed by atoms with Crippen molar-refractivity contribution in [3.8, 4) is 0 Å². The number of nitrogens with zero attached hydrogens (tertiary/aromatic N) is 2. The van der Waals surface area contributed by atoms with Gasteiger partial charge in [-0.3, -0.25) is 4.90 Å². The van der Waals surface area contributed by atoms with Gasteiger partial charge in [0.15, 0.2) is 0 Å². The first-order chi connectivity index (χ1) is 7.59. The van der Waals surface area contributed by atoms with Gasteiger partial charge in [0.25, 0.3) is 0 Å². The van der Waals surface area contributed by atoms with Crippen LogP contribution in [-0.4, -0.2) is 75.4 Å². The highest BCUT2D eigenvalue weighted by molar-refractivity contribution is 4.80. The van der Waals surface area contributed by atoms with Gasteiger partial charge in [-0.2, -0.15) is 0 Å². The van der Waals surface area contributed by atoms with Crippen LogP contribution in [0.25, 0.3) is 0 Å². The zero-order valence-electron chi connectivity index (χ0n) is 11.2. The number of rotatable bonds is 6.